The second-order valence-corrected chi connectivity index (χ2v) is 2.73. The Balaban J connectivity index is 0.000001000. The summed E-state index contributed by atoms with van der Waals surface area (Å²) >= 11 is 0. The normalized spacial score (nSPS) is 20.2. The molecule has 0 aliphatic carbocycles. The Morgan fingerprint density at radius 3 is 2.27 bits per heavy atom. The highest BCUT2D eigenvalue weighted by Gasteiger charge is 2.36. The van der Waals surface area contributed by atoms with Gasteiger partial charge in [0.1, 0.15) is 0 Å². The zero-order chi connectivity index (χ0) is 7.45. The van der Waals surface area contributed by atoms with Gasteiger partial charge in [0.2, 0.25) is 0 Å². The van der Waals surface area contributed by atoms with Crippen LogP contribution in [0.2, 0.25) is 0 Å². The van der Waals surface area contributed by atoms with Crippen LogP contribution in [0.1, 0.15) is 6.42 Å². The van der Waals surface area contributed by atoms with E-state index in [9.17, 15) is 0 Å². The molecule has 0 atom stereocenters. The zero-order valence-electron chi connectivity index (χ0n) is 7.05. The summed E-state index contributed by atoms with van der Waals surface area (Å²) in [6, 6.07) is 0. The molecule has 1 saturated heterocycles. The molecule has 1 rings (SSSR count). The van der Waals surface area contributed by atoms with Gasteiger partial charge in [0.15, 0.2) is 0 Å². The van der Waals surface area contributed by atoms with Gasteiger partial charge in [0.05, 0.1) is 5.60 Å². The summed E-state index contributed by atoms with van der Waals surface area (Å²) in [6.45, 7) is 2.72. The molecule has 11 heavy (non-hydrogen) atoms. The summed E-state index contributed by atoms with van der Waals surface area (Å²) in [5.74, 6) is 0. The maximum absolute atomic E-state index is 5.33. The predicted octanol–water partition coefficient (Wildman–Crippen LogP) is 0.433. The van der Waals surface area contributed by atoms with E-state index in [0.717, 1.165) is 26.1 Å². The van der Waals surface area contributed by atoms with Crippen LogP contribution in [-0.2, 0) is 9.47 Å². The van der Waals surface area contributed by atoms with Crippen molar-refractivity contribution in [3.63, 3.8) is 0 Å². The average molecular weight is 182 g/mol. The molecular weight excluding hydrogens is 166 g/mol. The Hall–Kier alpha value is 0.170. The minimum Gasteiger partial charge on any atom is -0.385 e. The summed E-state index contributed by atoms with van der Waals surface area (Å²) in [7, 11) is 3.48. The maximum atomic E-state index is 5.33. The van der Waals surface area contributed by atoms with E-state index in [0.29, 0.717) is 0 Å². The third-order valence-corrected chi connectivity index (χ3v) is 2.09. The predicted molar refractivity (Wildman–Crippen MR) is 46.4 cm³/mol. The number of methoxy groups -OCH3 is 2. The van der Waals surface area contributed by atoms with Crippen molar-refractivity contribution in [3.8, 4) is 0 Å². The van der Waals surface area contributed by atoms with Gasteiger partial charge in [-0.3, -0.25) is 0 Å². The second kappa shape index (κ2) is 4.93. The lowest BCUT2D eigenvalue weighted by atomic mass is 9.93. The standard InChI is InChI=1S/C7H15NO2.ClH/c1-9-4-3-7(10-2)5-8-6-7;/h8H,3-6H2,1-2H3;1H. The fraction of sp³-hybridized carbons (Fsp3) is 1.00. The summed E-state index contributed by atoms with van der Waals surface area (Å²) in [4.78, 5) is 0. The first kappa shape index (κ1) is 11.2. The van der Waals surface area contributed by atoms with Gasteiger partial charge in [-0.15, -0.1) is 12.4 Å². The summed E-state index contributed by atoms with van der Waals surface area (Å²) < 4.78 is 10.3. The van der Waals surface area contributed by atoms with Crippen molar-refractivity contribution in [1.29, 1.82) is 0 Å². The number of hydrogen-bond donors (Lipinski definition) is 1. The molecule has 0 aromatic carbocycles. The lowest BCUT2D eigenvalue weighted by Crippen LogP contribution is -2.61. The molecule has 0 bridgehead atoms. The fourth-order valence-corrected chi connectivity index (χ4v) is 1.12. The van der Waals surface area contributed by atoms with Crippen molar-refractivity contribution < 1.29 is 9.47 Å². The van der Waals surface area contributed by atoms with Gasteiger partial charge in [-0.25, -0.2) is 0 Å². The van der Waals surface area contributed by atoms with Gasteiger partial charge in [0.25, 0.3) is 0 Å². The molecule has 0 saturated carbocycles. The quantitative estimate of drug-likeness (QED) is 0.683. The number of halogens is 1. The van der Waals surface area contributed by atoms with E-state index < -0.39 is 0 Å². The fourth-order valence-electron chi connectivity index (χ4n) is 1.12. The van der Waals surface area contributed by atoms with E-state index in [1.54, 1.807) is 14.2 Å². The van der Waals surface area contributed by atoms with Crippen LogP contribution in [0.5, 0.6) is 0 Å². The highest BCUT2D eigenvalue weighted by atomic mass is 35.5. The molecule has 0 aromatic rings. The van der Waals surface area contributed by atoms with Crippen LogP contribution in [0.3, 0.4) is 0 Å². The monoisotopic (exact) mass is 181 g/mol. The topological polar surface area (TPSA) is 30.5 Å². The second-order valence-electron chi connectivity index (χ2n) is 2.73. The first-order valence-corrected chi connectivity index (χ1v) is 3.58. The molecule has 0 aromatic heterocycles. The van der Waals surface area contributed by atoms with Crippen molar-refractivity contribution >= 4 is 12.4 Å². The highest BCUT2D eigenvalue weighted by Crippen LogP contribution is 2.19. The van der Waals surface area contributed by atoms with Crippen LogP contribution in [0, 0.1) is 0 Å². The summed E-state index contributed by atoms with van der Waals surface area (Å²) in [6.07, 6.45) is 0.993. The number of hydrogen-bond acceptors (Lipinski definition) is 3. The third kappa shape index (κ3) is 2.60. The van der Waals surface area contributed by atoms with Crippen LogP contribution >= 0.6 is 12.4 Å². The van der Waals surface area contributed by atoms with Crippen molar-refractivity contribution in [1.82, 2.24) is 5.32 Å². The highest BCUT2D eigenvalue weighted by molar-refractivity contribution is 5.85. The summed E-state index contributed by atoms with van der Waals surface area (Å²) in [5, 5.41) is 3.18. The van der Waals surface area contributed by atoms with E-state index >= 15 is 0 Å². The SMILES string of the molecule is COCCC1(OC)CNC1.Cl. The minimum atomic E-state index is 0. The van der Waals surface area contributed by atoms with Crippen molar-refractivity contribution in [2.75, 3.05) is 33.9 Å². The van der Waals surface area contributed by atoms with Gasteiger partial charge in [-0.1, -0.05) is 0 Å². The lowest BCUT2D eigenvalue weighted by Gasteiger charge is -2.41. The lowest BCUT2D eigenvalue weighted by molar-refractivity contribution is -0.0686. The van der Waals surface area contributed by atoms with E-state index in [1.165, 1.54) is 0 Å². The average Bonchev–Trinajstić information content (AvgIpc) is 1.87. The van der Waals surface area contributed by atoms with Gasteiger partial charge in [-0.2, -0.15) is 0 Å². The molecule has 0 amide bonds. The third-order valence-electron chi connectivity index (χ3n) is 2.09. The number of ether oxygens (including phenoxy) is 2. The minimum absolute atomic E-state index is 0. The van der Waals surface area contributed by atoms with Gasteiger partial charge < -0.3 is 14.8 Å². The van der Waals surface area contributed by atoms with E-state index in [-0.39, 0.29) is 18.0 Å². The van der Waals surface area contributed by atoms with Crippen molar-refractivity contribution in [2.45, 2.75) is 12.0 Å². The first-order chi connectivity index (χ1) is 4.83. The molecule has 0 unspecified atom stereocenters. The van der Waals surface area contributed by atoms with Crippen LogP contribution in [0.4, 0.5) is 0 Å². The van der Waals surface area contributed by atoms with Crippen molar-refractivity contribution in [2.24, 2.45) is 0 Å². The van der Waals surface area contributed by atoms with E-state index in [4.69, 9.17) is 9.47 Å². The molecule has 4 heteroatoms. The van der Waals surface area contributed by atoms with Crippen molar-refractivity contribution in [3.05, 3.63) is 0 Å². The van der Waals surface area contributed by atoms with Crippen LogP contribution in [-0.4, -0.2) is 39.5 Å². The molecule has 0 radical (unpaired) electrons. The van der Waals surface area contributed by atoms with Gasteiger partial charge in [0, 0.05) is 40.3 Å². The van der Waals surface area contributed by atoms with Gasteiger partial charge >= 0.3 is 0 Å². The molecular formula is C7H16ClNO2. The Morgan fingerprint density at radius 1 is 1.36 bits per heavy atom. The molecule has 1 aliphatic heterocycles. The van der Waals surface area contributed by atoms with Crippen LogP contribution < -0.4 is 5.32 Å². The number of rotatable bonds is 4. The molecule has 1 N–H and O–H groups in total. The Bertz CT molecular complexity index is 101. The zero-order valence-corrected chi connectivity index (χ0v) is 7.87. The van der Waals surface area contributed by atoms with Gasteiger partial charge in [-0.05, 0) is 0 Å². The molecule has 1 heterocycles. The molecule has 1 aliphatic rings. The largest absolute Gasteiger partial charge is 0.385 e. The summed E-state index contributed by atoms with van der Waals surface area (Å²) in [5.41, 5.74) is 0.0794. The Kier molecular flexibility index (Phi) is 5.01. The van der Waals surface area contributed by atoms with Crippen LogP contribution in [0.15, 0.2) is 0 Å². The smallest absolute Gasteiger partial charge is 0.0947 e. The van der Waals surface area contributed by atoms with Crippen LogP contribution in [0.25, 0.3) is 0 Å². The Morgan fingerprint density at radius 2 is 2.00 bits per heavy atom. The number of nitrogens with one attached hydrogen (secondary N) is 1. The van der Waals surface area contributed by atoms with E-state index in [2.05, 4.69) is 5.32 Å². The Labute approximate surface area is 73.9 Å². The van der Waals surface area contributed by atoms with E-state index in [1.807, 2.05) is 0 Å². The molecule has 1 fully saturated rings. The molecule has 68 valence electrons. The molecule has 0 spiro atoms. The first-order valence-electron chi connectivity index (χ1n) is 3.58. The maximum Gasteiger partial charge on any atom is 0.0947 e. The molecule has 3 nitrogen and oxygen atoms in total.